The molecule has 1 aromatic rings. The Morgan fingerprint density at radius 2 is 2.00 bits per heavy atom. The zero-order chi connectivity index (χ0) is 15.9. The highest BCUT2D eigenvalue weighted by molar-refractivity contribution is 5.76. The summed E-state index contributed by atoms with van der Waals surface area (Å²) in [5, 5.41) is 3.66. The van der Waals surface area contributed by atoms with Crippen LogP contribution in [0.4, 0.5) is 0 Å². The van der Waals surface area contributed by atoms with Gasteiger partial charge in [0, 0.05) is 32.1 Å². The van der Waals surface area contributed by atoms with E-state index in [1.807, 2.05) is 6.07 Å². The number of hydrogen-bond acceptors (Lipinski definition) is 2. The number of carbonyl (C=O) groups excluding carboxylic acids is 1. The summed E-state index contributed by atoms with van der Waals surface area (Å²) in [5.41, 5.74) is 1.31. The molecule has 0 saturated carbocycles. The fourth-order valence-electron chi connectivity index (χ4n) is 3.20. The molecule has 1 amide bonds. The maximum absolute atomic E-state index is 12.3. The first kappa shape index (κ1) is 17.0. The summed E-state index contributed by atoms with van der Waals surface area (Å²) >= 11 is 0. The fraction of sp³-hybridized carbons (Fsp3) is 0.632. The van der Waals surface area contributed by atoms with Crippen LogP contribution < -0.4 is 5.32 Å². The number of rotatable bonds is 6. The van der Waals surface area contributed by atoms with Crippen molar-refractivity contribution in [3.05, 3.63) is 35.9 Å². The van der Waals surface area contributed by atoms with Gasteiger partial charge in [-0.1, -0.05) is 51.1 Å². The van der Waals surface area contributed by atoms with Gasteiger partial charge in [-0.15, -0.1) is 0 Å². The Balaban J connectivity index is 1.95. The molecule has 3 heteroatoms. The van der Waals surface area contributed by atoms with E-state index in [9.17, 15) is 4.79 Å². The number of likely N-dealkylation sites (tertiary alicyclic amines) is 1. The standard InChI is InChI=1S/C19H30N2O/c1-4-8-19(22)21-13-17(15(2)3)11-18(14-21)20-12-16-9-6-5-7-10-16/h5-7,9-10,15,17-18,20H,4,8,11-14H2,1-3H3. The topological polar surface area (TPSA) is 32.3 Å². The molecule has 0 aliphatic carbocycles. The molecule has 0 aromatic heterocycles. The van der Waals surface area contributed by atoms with Crippen LogP contribution in [-0.2, 0) is 11.3 Å². The SMILES string of the molecule is CCCC(=O)N1CC(NCc2ccccc2)CC(C(C)C)C1. The molecule has 1 fully saturated rings. The fourth-order valence-corrected chi connectivity index (χ4v) is 3.20. The molecule has 2 rings (SSSR count). The second-order valence-electron chi connectivity index (χ2n) is 6.85. The highest BCUT2D eigenvalue weighted by Gasteiger charge is 2.30. The number of amides is 1. The van der Waals surface area contributed by atoms with E-state index < -0.39 is 0 Å². The van der Waals surface area contributed by atoms with Gasteiger partial charge in [0.2, 0.25) is 5.91 Å². The average Bonchev–Trinajstić information content (AvgIpc) is 2.54. The highest BCUT2D eigenvalue weighted by Crippen LogP contribution is 2.24. The normalized spacial score (nSPS) is 22.1. The van der Waals surface area contributed by atoms with E-state index in [2.05, 4.69) is 55.3 Å². The number of nitrogens with one attached hydrogen (secondary N) is 1. The lowest BCUT2D eigenvalue weighted by Crippen LogP contribution is -2.52. The molecule has 0 spiro atoms. The minimum atomic E-state index is 0.319. The van der Waals surface area contributed by atoms with Crippen molar-refractivity contribution >= 4 is 5.91 Å². The van der Waals surface area contributed by atoms with Crippen LogP contribution in [0.15, 0.2) is 30.3 Å². The second kappa shape index (κ2) is 8.33. The van der Waals surface area contributed by atoms with Crippen molar-refractivity contribution in [3.8, 4) is 0 Å². The van der Waals surface area contributed by atoms with Crippen LogP contribution in [0.5, 0.6) is 0 Å². The minimum absolute atomic E-state index is 0.319. The number of hydrogen-bond donors (Lipinski definition) is 1. The Kier molecular flexibility index (Phi) is 6.44. The molecule has 1 N–H and O–H groups in total. The number of carbonyl (C=O) groups is 1. The minimum Gasteiger partial charge on any atom is -0.341 e. The smallest absolute Gasteiger partial charge is 0.222 e. The predicted molar refractivity (Wildman–Crippen MR) is 91.5 cm³/mol. The van der Waals surface area contributed by atoms with Gasteiger partial charge in [0.25, 0.3) is 0 Å². The van der Waals surface area contributed by atoms with E-state index in [-0.39, 0.29) is 0 Å². The Morgan fingerprint density at radius 1 is 1.27 bits per heavy atom. The molecule has 0 bridgehead atoms. The molecule has 1 heterocycles. The van der Waals surface area contributed by atoms with E-state index in [4.69, 9.17) is 0 Å². The van der Waals surface area contributed by atoms with E-state index >= 15 is 0 Å². The average molecular weight is 302 g/mol. The summed E-state index contributed by atoms with van der Waals surface area (Å²) in [4.78, 5) is 14.4. The Bertz CT molecular complexity index is 458. The van der Waals surface area contributed by atoms with Crippen molar-refractivity contribution in [2.45, 2.75) is 52.6 Å². The molecule has 1 saturated heterocycles. The first-order chi connectivity index (χ1) is 10.6. The van der Waals surface area contributed by atoms with Crippen LogP contribution in [0.3, 0.4) is 0 Å². The van der Waals surface area contributed by atoms with Crippen LogP contribution in [0.1, 0.15) is 45.6 Å². The van der Waals surface area contributed by atoms with Crippen molar-refractivity contribution in [2.75, 3.05) is 13.1 Å². The van der Waals surface area contributed by atoms with Gasteiger partial charge in [-0.2, -0.15) is 0 Å². The molecular weight excluding hydrogens is 272 g/mol. The maximum atomic E-state index is 12.3. The molecule has 1 aliphatic rings. The highest BCUT2D eigenvalue weighted by atomic mass is 16.2. The predicted octanol–water partition coefficient (Wildman–Crippen LogP) is 3.45. The zero-order valence-electron chi connectivity index (χ0n) is 14.2. The van der Waals surface area contributed by atoms with Crippen molar-refractivity contribution in [1.29, 1.82) is 0 Å². The monoisotopic (exact) mass is 302 g/mol. The Hall–Kier alpha value is -1.35. The number of nitrogens with zero attached hydrogens (tertiary/aromatic N) is 1. The zero-order valence-corrected chi connectivity index (χ0v) is 14.2. The maximum Gasteiger partial charge on any atom is 0.222 e. The number of piperidine rings is 1. The Labute approximate surface area is 135 Å². The van der Waals surface area contributed by atoms with Gasteiger partial charge in [-0.25, -0.2) is 0 Å². The first-order valence-corrected chi connectivity index (χ1v) is 8.65. The third-order valence-electron chi connectivity index (χ3n) is 4.68. The van der Waals surface area contributed by atoms with Crippen LogP contribution in [-0.4, -0.2) is 29.9 Å². The molecular formula is C19H30N2O. The molecule has 3 nitrogen and oxygen atoms in total. The van der Waals surface area contributed by atoms with E-state index in [1.54, 1.807) is 0 Å². The molecule has 1 aromatic carbocycles. The van der Waals surface area contributed by atoms with Crippen LogP contribution in [0, 0.1) is 11.8 Å². The Morgan fingerprint density at radius 3 is 2.64 bits per heavy atom. The summed E-state index contributed by atoms with van der Waals surface area (Å²) in [5.74, 6) is 1.54. The van der Waals surface area contributed by atoms with Gasteiger partial charge >= 0.3 is 0 Å². The summed E-state index contributed by atoms with van der Waals surface area (Å²) in [6, 6.07) is 10.9. The number of benzene rings is 1. The summed E-state index contributed by atoms with van der Waals surface area (Å²) in [6.07, 6.45) is 2.78. The van der Waals surface area contributed by atoms with Crippen LogP contribution >= 0.6 is 0 Å². The quantitative estimate of drug-likeness (QED) is 0.873. The van der Waals surface area contributed by atoms with Gasteiger partial charge in [0.15, 0.2) is 0 Å². The third kappa shape index (κ3) is 4.84. The van der Waals surface area contributed by atoms with Gasteiger partial charge < -0.3 is 10.2 Å². The van der Waals surface area contributed by atoms with Gasteiger partial charge in [-0.05, 0) is 30.2 Å². The molecule has 0 radical (unpaired) electrons. The molecule has 122 valence electrons. The van der Waals surface area contributed by atoms with Gasteiger partial charge in [-0.3, -0.25) is 4.79 Å². The first-order valence-electron chi connectivity index (χ1n) is 8.65. The molecule has 22 heavy (non-hydrogen) atoms. The second-order valence-corrected chi connectivity index (χ2v) is 6.85. The van der Waals surface area contributed by atoms with Gasteiger partial charge in [0.05, 0.1) is 0 Å². The molecule has 2 atom stereocenters. The largest absolute Gasteiger partial charge is 0.341 e. The van der Waals surface area contributed by atoms with Crippen molar-refractivity contribution in [2.24, 2.45) is 11.8 Å². The van der Waals surface area contributed by atoms with E-state index in [0.717, 1.165) is 26.1 Å². The molecule has 1 aliphatic heterocycles. The van der Waals surface area contributed by atoms with Crippen LogP contribution in [0.25, 0.3) is 0 Å². The summed E-state index contributed by atoms with van der Waals surface area (Å²) in [7, 11) is 0. The van der Waals surface area contributed by atoms with Crippen LogP contribution in [0.2, 0.25) is 0 Å². The molecule has 2 unspecified atom stereocenters. The van der Waals surface area contributed by atoms with Crippen molar-refractivity contribution in [3.63, 3.8) is 0 Å². The van der Waals surface area contributed by atoms with Crippen molar-refractivity contribution in [1.82, 2.24) is 10.2 Å². The lowest BCUT2D eigenvalue weighted by molar-refractivity contribution is -0.134. The lowest BCUT2D eigenvalue weighted by atomic mass is 9.85. The summed E-state index contributed by atoms with van der Waals surface area (Å²) < 4.78 is 0. The third-order valence-corrected chi connectivity index (χ3v) is 4.68. The van der Waals surface area contributed by atoms with Crippen molar-refractivity contribution < 1.29 is 4.79 Å². The van der Waals surface area contributed by atoms with E-state index in [0.29, 0.717) is 30.2 Å². The summed E-state index contributed by atoms with van der Waals surface area (Å²) in [6.45, 7) is 9.29. The lowest BCUT2D eigenvalue weighted by Gasteiger charge is -2.40. The van der Waals surface area contributed by atoms with Gasteiger partial charge in [0.1, 0.15) is 0 Å². The van der Waals surface area contributed by atoms with E-state index in [1.165, 1.54) is 12.0 Å².